The fourth-order valence-corrected chi connectivity index (χ4v) is 3.27. The maximum Gasteiger partial charge on any atom is 0.203 e. The molecule has 0 aromatic carbocycles. The molecule has 6 heteroatoms. The van der Waals surface area contributed by atoms with Crippen LogP contribution in [0.25, 0.3) is 5.65 Å². The smallest absolute Gasteiger partial charge is 0.203 e. The summed E-state index contributed by atoms with van der Waals surface area (Å²) in [5.74, 6) is 2.82. The molecule has 0 spiro atoms. The molecular formula is C13H18ClN5. The van der Waals surface area contributed by atoms with E-state index in [4.69, 9.17) is 11.6 Å². The number of nitrogens with zero attached hydrogens (tertiary/aromatic N) is 4. The van der Waals surface area contributed by atoms with Crippen molar-refractivity contribution in [2.75, 3.05) is 17.7 Å². The minimum Gasteiger partial charge on any atom is -0.367 e. The molecular weight excluding hydrogens is 262 g/mol. The van der Waals surface area contributed by atoms with Gasteiger partial charge in [-0.1, -0.05) is 12.8 Å². The summed E-state index contributed by atoms with van der Waals surface area (Å²) in [6, 6.07) is 0. The molecule has 0 bridgehead atoms. The van der Waals surface area contributed by atoms with Gasteiger partial charge < -0.3 is 5.32 Å². The highest BCUT2D eigenvalue weighted by Crippen LogP contribution is 2.31. The van der Waals surface area contributed by atoms with E-state index in [0.29, 0.717) is 11.8 Å². The van der Waals surface area contributed by atoms with Crippen molar-refractivity contribution in [1.29, 1.82) is 0 Å². The Morgan fingerprint density at radius 2 is 2.16 bits per heavy atom. The number of halogens is 1. The molecule has 0 amide bonds. The normalized spacial score (nSPS) is 23.6. The average Bonchev–Trinajstić information content (AvgIpc) is 2.94. The Balaban J connectivity index is 1.69. The number of alkyl halides is 1. The first-order chi connectivity index (χ1) is 9.38. The Hall–Kier alpha value is -1.36. The van der Waals surface area contributed by atoms with Gasteiger partial charge in [0.25, 0.3) is 0 Å². The molecule has 19 heavy (non-hydrogen) atoms. The van der Waals surface area contributed by atoms with Crippen LogP contribution < -0.4 is 5.32 Å². The summed E-state index contributed by atoms with van der Waals surface area (Å²) in [5, 5.41) is 11.4. The van der Waals surface area contributed by atoms with Crippen LogP contribution in [-0.4, -0.2) is 32.0 Å². The highest BCUT2D eigenvalue weighted by atomic mass is 35.5. The number of nitrogens with one attached hydrogen (secondary N) is 1. The van der Waals surface area contributed by atoms with Gasteiger partial charge >= 0.3 is 0 Å². The van der Waals surface area contributed by atoms with E-state index in [1.54, 1.807) is 12.5 Å². The predicted octanol–water partition coefficient (Wildman–Crippen LogP) is 2.58. The van der Waals surface area contributed by atoms with E-state index >= 15 is 0 Å². The van der Waals surface area contributed by atoms with E-state index in [2.05, 4.69) is 20.5 Å². The molecule has 1 saturated carbocycles. The molecule has 0 radical (unpaired) electrons. The number of rotatable bonds is 4. The van der Waals surface area contributed by atoms with E-state index in [1.807, 2.05) is 10.6 Å². The lowest BCUT2D eigenvalue weighted by molar-refractivity contribution is 0.272. The second kappa shape index (κ2) is 5.74. The molecule has 102 valence electrons. The van der Waals surface area contributed by atoms with Gasteiger partial charge in [0, 0.05) is 24.8 Å². The maximum absolute atomic E-state index is 6.06. The lowest BCUT2D eigenvalue weighted by Crippen LogP contribution is -2.27. The third-order valence-corrected chi connectivity index (χ3v) is 4.41. The van der Waals surface area contributed by atoms with Crippen LogP contribution in [0.4, 0.5) is 5.82 Å². The molecule has 2 unspecified atom stereocenters. The third-order valence-electron chi connectivity index (χ3n) is 4.01. The van der Waals surface area contributed by atoms with Crippen molar-refractivity contribution in [3.05, 3.63) is 18.7 Å². The zero-order valence-electron chi connectivity index (χ0n) is 10.8. The molecule has 2 atom stereocenters. The fourth-order valence-electron chi connectivity index (χ4n) is 2.87. The molecule has 2 aromatic heterocycles. The standard InChI is InChI=1S/C13H18ClN5/c14-7-10-3-1-2-4-11(10)8-16-12-13-18-17-9-19(13)6-5-15-12/h5-6,9-11H,1-4,7-8H2,(H,15,16). The van der Waals surface area contributed by atoms with Crippen molar-refractivity contribution in [3.8, 4) is 0 Å². The summed E-state index contributed by atoms with van der Waals surface area (Å²) in [7, 11) is 0. The number of fused-ring (bicyclic) bond motifs is 1. The van der Waals surface area contributed by atoms with Gasteiger partial charge in [-0.15, -0.1) is 21.8 Å². The number of aromatic nitrogens is 4. The quantitative estimate of drug-likeness (QED) is 0.874. The largest absolute Gasteiger partial charge is 0.367 e. The second-order valence-electron chi connectivity index (χ2n) is 5.18. The van der Waals surface area contributed by atoms with Crippen LogP contribution in [0.3, 0.4) is 0 Å². The minimum atomic E-state index is 0.625. The van der Waals surface area contributed by atoms with Gasteiger partial charge in [-0.25, -0.2) is 4.98 Å². The summed E-state index contributed by atoms with van der Waals surface area (Å²) < 4.78 is 1.87. The minimum absolute atomic E-state index is 0.625. The third kappa shape index (κ3) is 2.66. The molecule has 5 nitrogen and oxygen atoms in total. The van der Waals surface area contributed by atoms with Gasteiger partial charge in [0.1, 0.15) is 6.33 Å². The topological polar surface area (TPSA) is 55.1 Å². The SMILES string of the molecule is ClCC1CCCCC1CNc1nccn2cnnc12. The number of hydrogen-bond acceptors (Lipinski definition) is 4. The first-order valence-corrected chi connectivity index (χ1v) is 7.36. The molecule has 0 saturated heterocycles. The van der Waals surface area contributed by atoms with Crippen molar-refractivity contribution in [2.24, 2.45) is 11.8 Å². The van der Waals surface area contributed by atoms with Gasteiger partial charge in [0.2, 0.25) is 5.65 Å². The molecule has 1 aliphatic carbocycles. The average molecular weight is 280 g/mol. The lowest BCUT2D eigenvalue weighted by Gasteiger charge is -2.30. The molecule has 0 aliphatic heterocycles. The lowest BCUT2D eigenvalue weighted by atomic mass is 9.80. The summed E-state index contributed by atoms with van der Waals surface area (Å²) in [6.07, 6.45) is 10.4. The van der Waals surface area contributed by atoms with Gasteiger partial charge in [-0.3, -0.25) is 4.40 Å². The molecule has 2 heterocycles. The van der Waals surface area contributed by atoms with Crippen molar-refractivity contribution in [1.82, 2.24) is 19.6 Å². The maximum atomic E-state index is 6.06. The Morgan fingerprint density at radius 3 is 3.00 bits per heavy atom. The monoisotopic (exact) mass is 279 g/mol. The molecule has 1 N–H and O–H groups in total. The fraction of sp³-hybridized carbons (Fsp3) is 0.615. The number of hydrogen-bond donors (Lipinski definition) is 1. The van der Waals surface area contributed by atoms with Crippen LogP contribution in [0, 0.1) is 11.8 Å². The van der Waals surface area contributed by atoms with Crippen molar-refractivity contribution >= 4 is 23.1 Å². The Labute approximate surface area is 117 Å². The van der Waals surface area contributed by atoms with Gasteiger partial charge in [-0.05, 0) is 24.7 Å². The Bertz CT molecular complexity index is 541. The number of anilines is 1. The van der Waals surface area contributed by atoms with Crippen molar-refractivity contribution in [2.45, 2.75) is 25.7 Å². The molecule has 1 aliphatic rings. The van der Waals surface area contributed by atoms with E-state index in [0.717, 1.165) is 23.9 Å². The van der Waals surface area contributed by atoms with Gasteiger partial charge in [0.15, 0.2) is 5.82 Å². The van der Waals surface area contributed by atoms with Crippen molar-refractivity contribution < 1.29 is 0 Å². The van der Waals surface area contributed by atoms with Gasteiger partial charge in [-0.2, -0.15) is 0 Å². The zero-order valence-corrected chi connectivity index (χ0v) is 11.6. The Kier molecular flexibility index (Phi) is 3.82. The van der Waals surface area contributed by atoms with Crippen LogP contribution in [0.5, 0.6) is 0 Å². The summed E-state index contributed by atoms with van der Waals surface area (Å²) in [4.78, 5) is 4.35. The second-order valence-corrected chi connectivity index (χ2v) is 5.49. The first kappa shape index (κ1) is 12.7. The molecule has 2 aromatic rings. The van der Waals surface area contributed by atoms with Crippen LogP contribution >= 0.6 is 11.6 Å². The van der Waals surface area contributed by atoms with E-state index in [9.17, 15) is 0 Å². The summed E-state index contributed by atoms with van der Waals surface area (Å²) in [5.41, 5.74) is 0.778. The van der Waals surface area contributed by atoms with Crippen LogP contribution in [0.2, 0.25) is 0 Å². The summed E-state index contributed by atoms with van der Waals surface area (Å²) in [6.45, 7) is 0.914. The summed E-state index contributed by atoms with van der Waals surface area (Å²) >= 11 is 6.06. The molecule has 1 fully saturated rings. The van der Waals surface area contributed by atoms with E-state index in [1.165, 1.54) is 25.7 Å². The first-order valence-electron chi connectivity index (χ1n) is 6.82. The van der Waals surface area contributed by atoms with Crippen LogP contribution in [0.1, 0.15) is 25.7 Å². The van der Waals surface area contributed by atoms with Crippen LogP contribution in [0.15, 0.2) is 18.7 Å². The van der Waals surface area contributed by atoms with E-state index < -0.39 is 0 Å². The predicted molar refractivity (Wildman–Crippen MR) is 75.4 cm³/mol. The van der Waals surface area contributed by atoms with Crippen LogP contribution in [-0.2, 0) is 0 Å². The highest BCUT2D eigenvalue weighted by molar-refractivity contribution is 6.18. The Morgan fingerprint density at radius 1 is 1.32 bits per heavy atom. The zero-order chi connectivity index (χ0) is 13.1. The highest BCUT2D eigenvalue weighted by Gasteiger charge is 2.24. The van der Waals surface area contributed by atoms with E-state index in [-0.39, 0.29) is 0 Å². The molecule has 3 rings (SSSR count). The van der Waals surface area contributed by atoms with Crippen molar-refractivity contribution in [3.63, 3.8) is 0 Å². The van der Waals surface area contributed by atoms with Gasteiger partial charge in [0.05, 0.1) is 0 Å².